The van der Waals surface area contributed by atoms with Crippen molar-refractivity contribution >= 4 is 29.9 Å². The summed E-state index contributed by atoms with van der Waals surface area (Å²) in [5, 5.41) is 6.83. The van der Waals surface area contributed by atoms with Gasteiger partial charge in [0.1, 0.15) is 5.76 Å². The summed E-state index contributed by atoms with van der Waals surface area (Å²) in [6.45, 7) is 3.50. The summed E-state index contributed by atoms with van der Waals surface area (Å²) in [6.07, 6.45) is 5.52. The van der Waals surface area contributed by atoms with Crippen molar-refractivity contribution in [1.29, 1.82) is 0 Å². The van der Waals surface area contributed by atoms with E-state index < -0.39 is 0 Å². The van der Waals surface area contributed by atoms with Gasteiger partial charge in [0.15, 0.2) is 17.5 Å². The van der Waals surface area contributed by atoms with Crippen molar-refractivity contribution in [1.82, 2.24) is 15.5 Å². The molecule has 1 aromatic carbocycles. The second-order valence-electron chi connectivity index (χ2n) is 7.09. The zero-order chi connectivity index (χ0) is 20.5. The molecule has 166 valence electrons. The van der Waals surface area contributed by atoms with Gasteiger partial charge in [-0.25, -0.2) is 0 Å². The van der Waals surface area contributed by atoms with Crippen molar-refractivity contribution in [2.45, 2.75) is 31.8 Å². The Morgan fingerprint density at radius 2 is 1.90 bits per heavy atom. The Morgan fingerprint density at radius 3 is 2.53 bits per heavy atom. The van der Waals surface area contributed by atoms with E-state index in [0.29, 0.717) is 6.54 Å². The molecule has 2 heterocycles. The summed E-state index contributed by atoms with van der Waals surface area (Å²) >= 11 is 0. The van der Waals surface area contributed by atoms with Gasteiger partial charge in [0, 0.05) is 25.7 Å². The number of rotatable bonds is 8. The lowest BCUT2D eigenvalue weighted by molar-refractivity contribution is 0.146. The molecule has 0 saturated carbocycles. The zero-order valence-electron chi connectivity index (χ0n) is 18.0. The molecule has 1 aliphatic rings. The predicted molar refractivity (Wildman–Crippen MR) is 130 cm³/mol. The highest BCUT2D eigenvalue weighted by Crippen LogP contribution is 2.30. The van der Waals surface area contributed by atoms with E-state index in [-0.39, 0.29) is 30.0 Å². The lowest BCUT2D eigenvalue weighted by Gasteiger charge is -2.33. The van der Waals surface area contributed by atoms with Crippen LogP contribution in [0.25, 0.3) is 0 Å². The van der Waals surface area contributed by atoms with E-state index in [0.717, 1.165) is 48.4 Å². The molecule has 30 heavy (non-hydrogen) atoms. The van der Waals surface area contributed by atoms with Crippen LogP contribution in [0, 0.1) is 0 Å². The number of aliphatic imine (C=N–C) groups is 1. The summed E-state index contributed by atoms with van der Waals surface area (Å²) in [5.74, 6) is 3.19. The third-order valence-electron chi connectivity index (χ3n) is 5.32. The molecule has 2 N–H and O–H groups in total. The third kappa shape index (κ3) is 6.28. The maximum absolute atomic E-state index is 5.73. The van der Waals surface area contributed by atoms with Crippen molar-refractivity contribution in [3.05, 3.63) is 47.9 Å². The number of halogens is 1. The molecular formula is C22H33IN4O3. The van der Waals surface area contributed by atoms with Gasteiger partial charge in [-0.1, -0.05) is 18.6 Å². The lowest BCUT2D eigenvalue weighted by Crippen LogP contribution is -2.44. The SMILES string of the molecule is CN=C(NCc1cccc(OC)c1OC)NCC(c1ccco1)N1CCCCC1.I. The van der Waals surface area contributed by atoms with Gasteiger partial charge in [-0.15, -0.1) is 24.0 Å². The highest BCUT2D eigenvalue weighted by Gasteiger charge is 2.24. The zero-order valence-corrected chi connectivity index (χ0v) is 20.3. The minimum absolute atomic E-state index is 0. The maximum atomic E-state index is 5.73. The number of furan rings is 1. The fraction of sp³-hybridized carbons (Fsp3) is 0.500. The molecule has 2 aromatic rings. The Hall–Kier alpha value is -1.94. The van der Waals surface area contributed by atoms with Crippen molar-refractivity contribution < 1.29 is 13.9 Å². The van der Waals surface area contributed by atoms with Gasteiger partial charge in [-0.2, -0.15) is 0 Å². The summed E-state index contributed by atoms with van der Waals surface area (Å²) < 4.78 is 16.6. The number of para-hydroxylation sites is 1. The molecule has 1 saturated heterocycles. The molecular weight excluding hydrogens is 495 g/mol. The van der Waals surface area contributed by atoms with E-state index in [4.69, 9.17) is 13.9 Å². The van der Waals surface area contributed by atoms with Crippen molar-refractivity contribution in [2.75, 3.05) is 40.9 Å². The van der Waals surface area contributed by atoms with Crippen LogP contribution in [-0.2, 0) is 6.54 Å². The largest absolute Gasteiger partial charge is 0.493 e. The van der Waals surface area contributed by atoms with Crippen molar-refractivity contribution in [3.63, 3.8) is 0 Å². The molecule has 1 unspecified atom stereocenters. The highest BCUT2D eigenvalue weighted by molar-refractivity contribution is 14.0. The van der Waals surface area contributed by atoms with Gasteiger partial charge >= 0.3 is 0 Å². The normalized spacial score (nSPS) is 15.8. The van der Waals surface area contributed by atoms with Crippen LogP contribution < -0.4 is 20.1 Å². The fourth-order valence-electron chi connectivity index (χ4n) is 3.81. The first kappa shape index (κ1) is 24.3. The van der Waals surface area contributed by atoms with Crippen molar-refractivity contribution in [2.24, 2.45) is 4.99 Å². The van der Waals surface area contributed by atoms with Crippen LogP contribution in [0.4, 0.5) is 0 Å². The Balaban J connectivity index is 0.00000320. The molecule has 1 atom stereocenters. The molecule has 1 aromatic heterocycles. The van der Waals surface area contributed by atoms with Gasteiger partial charge in [0.25, 0.3) is 0 Å². The minimum Gasteiger partial charge on any atom is -0.493 e. The Bertz CT molecular complexity index is 777. The van der Waals surface area contributed by atoms with Gasteiger partial charge in [-0.3, -0.25) is 9.89 Å². The van der Waals surface area contributed by atoms with Crippen LogP contribution in [0.5, 0.6) is 11.5 Å². The molecule has 0 aliphatic carbocycles. The predicted octanol–water partition coefficient (Wildman–Crippen LogP) is 3.81. The molecule has 0 radical (unpaired) electrons. The minimum atomic E-state index is 0. The molecule has 7 nitrogen and oxygen atoms in total. The molecule has 0 amide bonds. The van der Waals surface area contributed by atoms with Crippen LogP contribution >= 0.6 is 24.0 Å². The molecule has 3 rings (SSSR count). The Morgan fingerprint density at radius 1 is 1.10 bits per heavy atom. The quantitative estimate of drug-likeness (QED) is 0.309. The van der Waals surface area contributed by atoms with E-state index in [2.05, 4.69) is 26.6 Å². The van der Waals surface area contributed by atoms with Crippen LogP contribution in [0.2, 0.25) is 0 Å². The molecule has 0 spiro atoms. The second kappa shape index (κ2) is 12.7. The number of guanidine groups is 1. The van der Waals surface area contributed by atoms with E-state index in [9.17, 15) is 0 Å². The van der Waals surface area contributed by atoms with Crippen LogP contribution in [0.3, 0.4) is 0 Å². The third-order valence-corrected chi connectivity index (χ3v) is 5.32. The van der Waals surface area contributed by atoms with Gasteiger partial charge in [-0.05, 0) is 44.1 Å². The lowest BCUT2D eigenvalue weighted by atomic mass is 10.1. The van der Waals surface area contributed by atoms with E-state index >= 15 is 0 Å². The average Bonchev–Trinajstić information content (AvgIpc) is 3.31. The van der Waals surface area contributed by atoms with Gasteiger partial charge in [0.2, 0.25) is 0 Å². The van der Waals surface area contributed by atoms with Crippen LogP contribution in [-0.4, -0.2) is 51.8 Å². The summed E-state index contributed by atoms with van der Waals surface area (Å²) in [4.78, 5) is 6.87. The number of piperidine rings is 1. The molecule has 1 aliphatic heterocycles. The molecule has 0 bridgehead atoms. The number of nitrogens with zero attached hydrogens (tertiary/aromatic N) is 2. The van der Waals surface area contributed by atoms with Gasteiger partial charge in [0.05, 0.1) is 26.5 Å². The number of nitrogens with one attached hydrogen (secondary N) is 2. The van der Waals surface area contributed by atoms with Crippen LogP contribution in [0.1, 0.15) is 36.6 Å². The van der Waals surface area contributed by atoms with Crippen LogP contribution in [0.15, 0.2) is 46.0 Å². The number of hydrogen-bond donors (Lipinski definition) is 2. The van der Waals surface area contributed by atoms with E-state index in [1.807, 2.05) is 24.3 Å². The summed E-state index contributed by atoms with van der Waals surface area (Å²) in [5.41, 5.74) is 1.01. The summed E-state index contributed by atoms with van der Waals surface area (Å²) in [7, 11) is 5.08. The maximum Gasteiger partial charge on any atom is 0.191 e. The second-order valence-corrected chi connectivity index (χ2v) is 7.09. The monoisotopic (exact) mass is 528 g/mol. The Labute approximate surface area is 196 Å². The number of ether oxygens (including phenoxy) is 2. The topological polar surface area (TPSA) is 71.3 Å². The van der Waals surface area contributed by atoms with Gasteiger partial charge < -0.3 is 24.5 Å². The first-order valence-electron chi connectivity index (χ1n) is 10.2. The number of likely N-dealkylation sites (tertiary alicyclic amines) is 1. The number of methoxy groups -OCH3 is 2. The van der Waals surface area contributed by atoms with Crippen molar-refractivity contribution in [3.8, 4) is 11.5 Å². The smallest absolute Gasteiger partial charge is 0.191 e. The summed E-state index contributed by atoms with van der Waals surface area (Å²) in [6, 6.07) is 10.1. The first-order chi connectivity index (χ1) is 14.3. The molecule has 8 heteroatoms. The molecule has 1 fully saturated rings. The van der Waals surface area contributed by atoms with E-state index in [1.165, 1.54) is 19.3 Å². The number of benzene rings is 1. The Kier molecular flexibility index (Phi) is 10.3. The highest BCUT2D eigenvalue weighted by atomic mass is 127. The standard InChI is InChI=1S/C22H32N4O3.HI/c1-23-22(24-15-17-9-7-10-20(27-2)21(17)28-3)25-16-18(19-11-8-14-29-19)26-12-5-4-6-13-26;/h7-11,14,18H,4-6,12-13,15-16H2,1-3H3,(H2,23,24,25);1H. The average molecular weight is 528 g/mol. The van der Waals surface area contributed by atoms with E-state index in [1.54, 1.807) is 27.5 Å². The first-order valence-corrected chi connectivity index (χ1v) is 10.2. The number of hydrogen-bond acceptors (Lipinski definition) is 5. The fourth-order valence-corrected chi connectivity index (χ4v) is 3.81.